The van der Waals surface area contributed by atoms with Crippen LogP contribution in [-0.2, 0) is 5.11 Å². The molecule has 85 valence electrons. The predicted molar refractivity (Wildman–Crippen MR) is 71.1 cm³/mol. The predicted octanol–water partition coefficient (Wildman–Crippen LogP) is 2.07. The van der Waals surface area contributed by atoms with Crippen molar-refractivity contribution in [1.29, 1.82) is 0 Å². The molecule has 16 heavy (non-hydrogen) atoms. The summed E-state index contributed by atoms with van der Waals surface area (Å²) in [4.78, 5) is 1.88. The summed E-state index contributed by atoms with van der Waals surface area (Å²) < 4.78 is 0. The fourth-order valence-electron chi connectivity index (χ4n) is 1.31. The van der Waals surface area contributed by atoms with E-state index in [2.05, 4.69) is 5.32 Å². The topological polar surface area (TPSA) is 35.2 Å². The van der Waals surface area contributed by atoms with Crippen molar-refractivity contribution in [2.75, 3.05) is 25.6 Å². The number of rotatable bonds is 3. The lowest BCUT2D eigenvalue weighted by Crippen LogP contribution is -2.34. The first-order valence-corrected chi connectivity index (χ1v) is 5.40. The molecule has 0 atom stereocenters. The fourth-order valence-corrected chi connectivity index (χ4v) is 1.41. The van der Waals surface area contributed by atoms with Crippen LogP contribution in [0.15, 0.2) is 30.3 Å². The number of thiocarbonyl (C=S) groups is 1. The summed E-state index contributed by atoms with van der Waals surface area (Å²) in [5, 5.41) is 13.9. The number of nitrogens with zero attached hydrogens (tertiary/aromatic N) is 1. The van der Waals surface area contributed by atoms with Crippen LogP contribution < -0.4 is 10.2 Å². The molecule has 0 bridgehead atoms. The van der Waals surface area contributed by atoms with E-state index in [-0.39, 0.29) is 6.61 Å². The second-order valence-electron chi connectivity index (χ2n) is 3.28. The minimum Gasteiger partial charge on any atom is -0.365 e. The van der Waals surface area contributed by atoms with Crippen LogP contribution in [0.1, 0.15) is 5.56 Å². The Morgan fingerprint density at radius 3 is 2.94 bits per heavy atom. The highest BCUT2D eigenvalue weighted by atomic mass is 32.1. The summed E-state index contributed by atoms with van der Waals surface area (Å²) in [5.74, 6) is 0. The van der Waals surface area contributed by atoms with Crippen molar-refractivity contribution in [1.82, 2.24) is 5.32 Å². The Hall–Kier alpha value is -1.39. The van der Waals surface area contributed by atoms with Crippen LogP contribution in [0.2, 0.25) is 0 Å². The van der Waals surface area contributed by atoms with Gasteiger partial charge in [-0.2, -0.15) is 0 Å². The zero-order valence-corrected chi connectivity index (χ0v) is 10.3. The summed E-state index contributed by atoms with van der Waals surface area (Å²) in [6.07, 6.45) is 3.41. The van der Waals surface area contributed by atoms with Gasteiger partial charge in [-0.05, 0) is 29.9 Å². The molecule has 1 aromatic rings. The Morgan fingerprint density at radius 1 is 1.56 bits per heavy atom. The van der Waals surface area contributed by atoms with Gasteiger partial charge in [0.05, 0.1) is 0 Å². The molecule has 0 aliphatic carbocycles. The number of hydrogen-bond acceptors (Lipinski definition) is 1. The molecule has 0 aromatic heterocycles. The SMILES string of the molecule is CNC(=S)N(C)c1cccc(/C=C/C[O])c1. The molecule has 0 saturated heterocycles. The maximum absolute atomic E-state index is 10.3. The van der Waals surface area contributed by atoms with Gasteiger partial charge in [0.2, 0.25) is 0 Å². The van der Waals surface area contributed by atoms with E-state index in [0.717, 1.165) is 11.3 Å². The van der Waals surface area contributed by atoms with Crippen LogP contribution in [0.5, 0.6) is 0 Å². The quantitative estimate of drug-likeness (QED) is 0.815. The van der Waals surface area contributed by atoms with Crippen molar-refractivity contribution in [3.63, 3.8) is 0 Å². The molecule has 3 nitrogen and oxygen atoms in total. The van der Waals surface area contributed by atoms with Gasteiger partial charge < -0.3 is 10.2 Å². The normalized spacial score (nSPS) is 10.4. The third-order valence-electron chi connectivity index (χ3n) is 2.18. The van der Waals surface area contributed by atoms with Crippen LogP contribution in [0.25, 0.3) is 6.08 Å². The van der Waals surface area contributed by atoms with Gasteiger partial charge in [0.1, 0.15) is 6.61 Å². The second kappa shape index (κ2) is 6.25. The minimum atomic E-state index is -0.199. The van der Waals surface area contributed by atoms with Gasteiger partial charge in [0.25, 0.3) is 0 Å². The average molecular weight is 235 g/mol. The van der Waals surface area contributed by atoms with Crippen molar-refractivity contribution in [3.8, 4) is 0 Å². The zero-order chi connectivity index (χ0) is 12.0. The molecule has 4 heteroatoms. The van der Waals surface area contributed by atoms with Gasteiger partial charge in [-0.25, -0.2) is 5.11 Å². The Morgan fingerprint density at radius 2 is 2.31 bits per heavy atom. The monoisotopic (exact) mass is 235 g/mol. The standard InChI is InChI=1S/C12H15N2OS/c1-13-12(16)14(2)11-7-3-5-10(9-11)6-4-8-15/h3-7,9H,8H2,1-2H3,(H,13,16)/b6-4+. The Balaban J connectivity index is 2.89. The maximum Gasteiger partial charge on any atom is 0.172 e. The highest BCUT2D eigenvalue weighted by molar-refractivity contribution is 7.80. The van der Waals surface area contributed by atoms with Crippen LogP contribution >= 0.6 is 12.2 Å². The molecule has 0 fully saturated rings. The summed E-state index contributed by atoms with van der Waals surface area (Å²) in [6.45, 7) is -0.199. The van der Waals surface area contributed by atoms with E-state index in [1.54, 1.807) is 13.1 Å². The van der Waals surface area contributed by atoms with Crippen LogP contribution in [-0.4, -0.2) is 25.8 Å². The summed E-state index contributed by atoms with van der Waals surface area (Å²) in [6, 6.07) is 7.84. The zero-order valence-electron chi connectivity index (χ0n) is 9.43. The van der Waals surface area contributed by atoms with Gasteiger partial charge in [-0.1, -0.05) is 24.3 Å². The molecule has 0 spiro atoms. The van der Waals surface area contributed by atoms with Crippen molar-refractivity contribution < 1.29 is 5.11 Å². The van der Waals surface area contributed by atoms with E-state index >= 15 is 0 Å². The van der Waals surface area contributed by atoms with E-state index in [1.807, 2.05) is 42.3 Å². The number of nitrogens with one attached hydrogen (secondary N) is 1. The van der Waals surface area contributed by atoms with Gasteiger partial charge in [-0.15, -0.1) is 0 Å². The molecule has 1 radical (unpaired) electrons. The Kier molecular flexibility index (Phi) is 4.95. The third-order valence-corrected chi connectivity index (χ3v) is 2.66. The first kappa shape index (κ1) is 12.7. The Labute approximate surface area is 101 Å². The van der Waals surface area contributed by atoms with Crippen molar-refractivity contribution in [2.24, 2.45) is 0 Å². The first-order chi connectivity index (χ1) is 7.69. The molecule has 0 aliphatic rings. The Bertz CT molecular complexity index is 390. The van der Waals surface area contributed by atoms with E-state index in [0.29, 0.717) is 5.11 Å². The molecule has 1 rings (SSSR count). The molecule has 0 saturated carbocycles. The summed E-state index contributed by atoms with van der Waals surface area (Å²) >= 11 is 5.14. The van der Waals surface area contributed by atoms with Crippen molar-refractivity contribution in [2.45, 2.75) is 0 Å². The van der Waals surface area contributed by atoms with E-state index in [9.17, 15) is 5.11 Å². The highest BCUT2D eigenvalue weighted by Gasteiger charge is 2.04. The number of anilines is 1. The summed E-state index contributed by atoms with van der Waals surface area (Å²) in [5.41, 5.74) is 1.99. The van der Waals surface area contributed by atoms with Crippen molar-refractivity contribution >= 4 is 29.1 Å². The largest absolute Gasteiger partial charge is 0.365 e. The first-order valence-electron chi connectivity index (χ1n) is 4.99. The lowest BCUT2D eigenvalue weighted by atomic mass is 10.2. The lowest BCUT2D eigenvalue weighted by Gasteiger charge is -2.19. The smallest absolute Gasteiger partial charge is 0.172 e. The number of hydrogen-bond donors (Lipinski definition) is 1. The average Bonchev–Trinajstić information content (AvgIpc) is 2.34. The maximum atomic E-state index is 10.3. The molecule has 0 unspecified atom stereocenters. The van der Waals surface area contributed by atoms with Gasteiger partial charge in [0.15, 0.2) is 5.11 Å². The molecule has 0 amide bonds. The van der Waals surface area contributed by atoms with Gasteiger partial charge >= 0.3 is 0 Å². The van der Waals surface area contributed by atoms with Crippen molar-refractivity contribution in [3.05, 3.63) is 35.9 Å². The summed E-state index contributed by atoms with van der Waals surface area (Å²) in [7, 11) is 3.69. The van der Waals surface area contributed by atoms with Crippen LogP contribution in [0.4, 0.5) is 5.69 Å². The highest BCUT2D eigenvalue weighted by Crippen LogP contribution is 2.15. The third kappa shape index (κ3) is 3.32. The molecular formula is C12H15N2OS. The van der Waals surface area contributed by atoms with Gasteiger partial charge in [0, 0.05) is 19.8 Å². The minimum absolute atomic E-state index is 0.199. The van der Waals surface area contributed by atoms with Crippen LogP contribution in [0.3, 0.4) is 0 Å². The van der Waals surface area contributed by atoms with E-state index in [1.165, 1.54) is 0 Å². The molecular weight excluding hydrogens is 220 g/mol. The van der Waals surface area contributed by atoms with E-state index < -0.39 is 0 Å². The molecule has 1 aromatic carbocycles. The van der Waals surface area contributed by atoms with Crippen LogP contribution in [0, 0.1) is 0 Å². The fraction of sp³-hybridized carbons (Fsp3) is 0.250. The molecule has 0 aliphatic heterocycles. The van der Waals surface area contributed by atoms with Gasteiger partial charge in [-0.3, -0.25) is 0 Å². The lowest BCUT2D eigenvalue weighted by molar-refractivity contribution is 0.233. The number of benzene rings is 1. The second-order valence-corrected chi connectivity index (χ2v) is 3.66. The molecule has 0 heterocycles. The van der Waals surface area contributed by atoms with E-state index in [4.69, 9.17) is 12.2 Å². The molecule has 1 N–H and O–H groups in total.